The van der Waals surface area contributed by atoms with Crippen molar-refractivity contribution in [3.05, 3.63) is 36.8 Å². The van der Waals surface area contributed by atoms with Crippen LogP contribution in [0.25, 0.3) is 27.9 Å². The number of carboxylic acid groups (broad SMARTS) is 2. The van der Waals surface area contributed by atoms with Gasteiger partial charge in [-0.15, -0.1) is 0 Å². The smallest absolute Gasteiger partial charge is 0.425 e. The second kappa shape index (κ2) is 28.9. The summed E-state index contributed by atoms with van der Waals surface area (Å²) in [5.74, 6) is -0.946. The average molecular weight is 1380 g/mol. The Labute approximate surface area is 503 Å². The molecule has 4 N–H and O–H groups in total. The number of halogens is 3. The molecule has 0 fully saturated rings. The lowest BCUT2D eigenvalue weighted by molar-refractivity contribution is -0.137. The summed E-state index contributed by atoms with van der Waals surface area (Å²) >= 11 is 8.97. The van der Waals surface area contributed by atoms with Gasteiger partial charge in [0.2, 0.25) is 0 Å². The van der Waals surface area contributed by atoms with E-state index in [0.717, 1.165) is 17.7 Å². The van der Waals surface area contributed by atoms with Crippen LogP contribution in [-0.2, 0) is 41.6 Å². The van der Waals surface area contributed by atoms with E-state index in [1.807, 2.05) is 26.0 Å². The molecule has 0 saturated carbocycles. The lowest BCUT2D eigenvalue weighted by Gasteiger charge is -2.28. The number of aryl methyl sites for hydroxylation is 2. The number of carbonyl (C=O) groups excluding carboxylic acids is 5. The number of carboxylic acids is 1. The Balaban J connectivity index is 0.000000447. The van der Waals surface area contributed by atoms with Gasteiger partial charge < -0.3 is 44.5 Å². The average Bonchev–Trinajstić information content (AvgIpc) is 3.79. The van der Waals surface area contributed by atoms with E-state index >= 15 is 0 Å². The van der Waals surface area contributed by atoms with E-state index in [1.165, 1.54) is 6.20 Å². The van der Waals surface area contributed by atoms with Crippen molar-refractivity contribution in [2.75, 3.05) is 9.80 Å². The largest absolute Gasteiger partial charge is 0.481 e. The molecule has 0 radical (unpaired) electrons. The van der Waals surface area contributed by atoms with Gasteiger partial charge in [0.05, 0.1) is 25.4 Å². The van der Waals surface area contributed by atoms with Crippen molar-refractivity contribution in [2.24, 2.45) is 0 Å². The first-order valence-corrected chi connectivity index (χ1v) is 28.9. The Hall–Kier alpha value is -5.84. The Kier molecular flexibility index (Phi) is 24.8. The molecule has 4 aromatic heterocycles. The Bertz CT molecular complexity index is 2900. The topological polar surface area (TPSA) is 298 Å². The number of nitrogens with one attached hydrogen (secondary N) is 2. The van der Waals surface area contributed by atoms with Gasteiger partial charge in [-0.2, -0.15) is 20.0 Å². The summed E-state index contributed by atoms with van der Waals surface area (Å²) in [4.78, 5) is 96.8. The molecule has 81 heavy (non-hydrogen) atoms. The number of amides is 6. The number of anilines is 2. The number of imide groups is 2. The SMILES string of the molecule is C[C@H](CCn1nc(Br)c2c(N(C(=O)O)C(=O)OC(C)(C)C)ncc(I)c21)NC(=O)OC(C)(C)C.C[C@H](CCn1nc(Br)c2c(N(C(=O)OC(C)(C)C)C(=O)OC(C)(C)C)ncc(/C=C/CCCCCC(=O)O)c21)NC(=O)OC(C)(C)C. The van der Waals surface area contributed by atoms with E-state index in [2.05, 4.69) is 85.2 Å². The van der Waals surface area contributed by atoms with Crippen molar-refractivity contribution in [1.29, 1.82) is 0 Å². The quantitative estimate of drug-likeness (QED) is 0.0434. The first kappa shape index (κ1) is 69.4. The zero-order chi connectivity index (χ0) is 61.7. The van der Waals surface area contributed by atoms with Crippen LogP contribution in [0, 0.1) is 3.57 Å². The molecule has 0 aliphatic rings. The third kappa shape index (κ3) is 23.1. The highest BCUT2D eigenvalue weighted by atomic mass is 127. The normalized spacial score (nSPS) is 12.9. The van der Waals surface area contributed by atoms with Crippen LogP contribution in [0.15, 0.2) is 27.7 Å². The maximum atomic E-state index is 13.5. The molecule has 4 rings (SSSR count). The first-order valence-electron chi connectivity index (χ1n) is 26.2. The van der Waals surface area contributed by atoms with Crippen LogP contribution in [0.1, 0.15) is 168 Å². The number of carbonyl (C=O) groups is 7. The van der Waals surface area contributed by atoms with Gasteiger partial charge in [0.15, 0.2) is 11.6 Å². The summed E-state index contributed by atoms with van der Waals surface area (Å²) in [5, 5.41) is 34.1. The molecule has 0 saturated heterocycles. The molecule has 0 bridgehead atoms. The Morgan fingerprint density at radius 2 is 1.00 bits per heavy atom. The monoisotopic (exact) mass is 1380 g/mol. The Morgan fingerprint density at radius 1 is 0.605 bits per heavy atom. The summed E-state index contributed by atoms with van der Waals surface area (Å²) in [6, 6.07) is -0.488. The number of fused-ring (bicyclic) bond motifs is 2. The molecule has 0 unspecified atom stereocenters. The van der Waals surface area contributed by atoms with E-state index in [-0.39, 0.29) is 30.1 Å². The van der Waals surface area contributed by atoms with Gasteiger partial charge in [-0.1, -0.05) is 18.6 Å². The van der Waals surface area contributed by atoms with Crippen molar-refractivity contribution in [3.8, 4) is 0 Å². The minimum atomic E-state index is -1.53. The lowest BCUT2D eigenvalue weighted by Crippen LogP contribution is -2.44. The maximum absolute atomic E-state index is 13.5. The number of ether oxygens (including phenoxy) is 5. The number of aromatic nitrogens is 6. The third-order valence-corrected chi connectivity index (χ3v) is 12.3. The third-order valence-electron chi connectivity index (χ3n) is 10.4. The molecule has 0 spiro atoms. The predicted molar refractivity (Wildman–Crippen MR) is 322 cm³/mol. The standard InChI is InChI=1S/C33H50BrN5O8.C21H29BrIN5O6/c1-21(36-28(42)45-31(2,3)4)18-19-38-25-22(16-14-12-11-13-15-17-23(40)41)20-35-27(24(25)26(34)37-38)39(29(43)46-32(5,6)7)30(44)47-33(8,9)10;1-11(25-17(29)33-20(2,3)4)8-9-27-14-12(23)10-24-16(13(14)15(22)26-27)28(18(30)31)19(32)34-21(5,6)7/h14,16,20-21H,11-13,15,17-19H2,1-10H3,(H,36,42)(H,40,41);10-11H,8-9H2,1-7H3,(H,25,29)(H,30,31)/b16-14+;/t21-;11-/m11/s1. The van der Waals surface area contributed by atoms with Crippen LogP contribution in [-0.4, -0.2) is 122 Å². The molecule has 24 nitrogen and oxygen atoms in total. The van der Waals surface area contributed by atoms with Crippen molar-refractivity contribution in [2.45, 2.75) is 216 Å². The summed E-state index contributed by atoms with van der Waals surface area (Å²) in [6.07, 6.45) is 5.33. The van der Waals surface area contributed by atoms with Crippen molar-refractivity contribution >= 4 is 136 Å². The van der Waals surface area contributed by atoms with Crippen LogP contribution < -0.4 is 20.4 Å². The van der Waals surface area contributed by atoms with E-state index in [1.54, 1.807) is 119 Å². The number of unbranched alkanes of at least 4 members (excludes halogenated alkanes) is 3. The molecule has 450 valence electrons. The fourth-order valence-corrected chi connectivity index (χ4v) is 9.03. The first-order chi connectivity index (χ1) is 37.1. The van der Waals surface area contributed by atoms with Gasteiger partial charge in [0.25, 0.3) is 0 Å². The zero-order valence-corrected chi connectivity index (χ0v) is 54.7. The van der Waals surface area contributed by atoms with Gasteiger partial charge in [0, 0.05) is 49.6 Å². The zero-order valence-electron chi connectivity index (χ0n) is 49.3. The minimum Gasteiger partial charge on any atom is -0.481 e. The molecule has 6 amide bonds. The second-order valence-electron chi connectivity index (χ2n) is 23.9. The molecular formula is C54H79Br2IN10O14. The molecule has 27 heteroatoms. The highest BCUT2D eigenvalue weighted by molar-refractivity contribution is 14.1. The summed E-state index contributed by atoms with van der Waals surface area (Å²) < 4.78 is 31.9. The van der Waals surface area contributed by atoms with Crippen molar-refractivity contribution < 1.29 is 67.5 Å². The summed E-state index contributed by atoms with van der Waals surface area (Å²) in [7, 11) is 0. The number of aliphatic carboxylic acids is 1. The van der Waals surface area contributed by atoms with E-state index in [4.69, 9.17) is 28.8 Å². The number of hydrogen-bond acceptors (Lipinski definition) is 16. The fourth-order valence-electron chi connectivity index (χ4n) is 7.23. The van der Waals surface area contributed by atoms with Crippen molar-refractivity contribution in [1.82, 2.24) is 40.2 Å². The Morgan fingerprint density at radius 3 is 1.42 bits per heavy atom. The number of rotatable bonds is 17. The van der Waals surface area contributed by atoms with Crippen molar-refractivity contribution in [3.63, 3.8) is 0 Å². The number of hydrogen-bond donors (Lipinski definition) is 4. The molecule has 4 heterocycles. The molecule has 0 aliphatic carbocycles. The van der Waals surface area contributed by atoms with Crippen LogP contribution >= 0.6 is 54.5 Å². The highest BCUT2D eigenvalue weighted by Crippen LogP contribution is 2.37. The molecule has 2 atom stereocenters. The summed E-state index contributed by atoms with van der Waals surface area (Å²) in [6.45, 7) is 30.3. The number of nitrogens with zero attached hydrogens (tertiary/aromatic N) is 8. The van der Waals surface area contributed by atoms with Gasteiger partial charge >= 0.3 is 42.5 Å². The maximum Gasteiger partial charge on any atom is 0.425 e. The molecule has 0 aliphatic heterocycles. The molecule has 0 aromatic carbocycles. The molecular weight excluding hydrogens is 1300 g/mol. The predicted octanol–water partition coefficient (Wildman–Crippen LogP) is 13.7. The van der Waals surface area contributed by atoms with Gasteiger partial charge in [-0.25, -0.2) is 38.7 Å². The van der Waals surface area contributed by atoms with E-state index < -0.39 is 70.5 Å². The second-order valence-corrected chi connectivity index (χ2v) is 26.6. The van der Waals surface area contributed by atoms with Crippen LogP contribution in [0.2, 0.25) is 0 Å². The summed E-state index contributed by atoms with van der Waals surface area (Å²) in [5.41, 5.74) is -2.11. The van der Waals surface area contributed by atoms with E-state index in [0.29, 0.717) is 83.8 Å². The van der Waals surface area contributed by atoms with Gasteiger partial charge in [-0.05, 0) is 204 Å². The van der Waals surface area contributed by atoms with Gasteiger partial charge in [0.1, 0.15) is 37.2 Å². The molecule has 4 aromatic rings. The number of alkyl carbamates (subject to hydrolysis) is 2. The van der Waals surface area contributed by atoms with Crippen LogP contribution in [0.5, 0.6) is 0 Å². The van der Waals surface area contributed by atoms with E-state index in [9.17, 15) is 38.7 Å². The number of allylic oxidation sites excluding steroid dienone is 1. The highest BCUT2D eigenvalue weighted by Gasteiger charge is 2.37. The van der Waals surface area contributed by atoms with Crippen LogP contribution in [0.3, 0.4) is 0 Å². The minimum absolute atomic E-state index is 0.0209. The lowest BCUT2D eigenvalue weighted by atomic mass is 10.1. The number of pyridine rings is 2. The van der Waals surface area contributed by atoms with Gasteiger partial charge in [-0.3, -0.25) is 14.2 Å². The van der Waals surface area contributed by atoms with Crippen LogP contribution in [0.4, 0.5) is 40.4 Å². The fraction of sp³-hybridized carbons (Fsp3) is 0.611.